The summed E-state index contributed by atoms with van der Waals surface area (Å²) in [5, 5.41) is 2.74. The second-order valence-corrected chi connectivity index (χ2v) is 5.24. The zero-order valence-corrected chi connectivity index (χ0v) is 10.5. The number of nitrogens with one attached hydrogen (secondary N) is 3. The Balaban J connectivity index is 2.20. The standard InChI is InChI=1S/C10H13N5O2S/c1-11-10-9(3-2-4-13-10)18(16,17)15-6-8-5-12-7-14-8/h2-5,7,15H,6H2,1H3,(H,11,13)(H,12,14). The van der Waals surface area contributed by atoms with Crippen molar-refractivity contribution in [3.05, 3.63) is 36.5 Å². The molecule has 96 valence electrons. The number of aromatic nitrogens is 3. The van der Waals surface area contributed by atoms with Crippen molar-refractivity contribution in [1.82, 2.24) is 19.7 Å². The lowest BCUT2D eigenvalue weighted by atomic mass is 10.5. The normalized spacial score (nSPS) is 11.4. The summed E-state index contributed by atoms with van der Waals surface area (Å²) in [6.45, 7) is 0.153. The fourth-order valence-electron chi connectivity index (χ4n) is 1.43. The van der Waals surface area contributed by atoms with Gasteiger partial charge >= 0.3 is 0 Å². The topological polar surface area (TPSA) is 99.8 Å². The van der Waals surface area contributed by atoms with Crippen LogP contribution in [-0.2, 0) is 16.6 Å². The van der Waals surface area contributed by atoms with Crippen molar-refractivity contribution >= 4 is 15.8 Å². The van der Waals surface area contributed by atoms with Crippen LogP contribution in [0.25, 0.3) is 0 Å². The largest absolute Gasteiger partial charge is 0.372 e. The van der Waals surface area contributed by atoms with Crippen LogP contribution < -0.4 is 10.0 Å². The number of rotatable bonds is 5. The van der Waals surface area contributed by atoms with E-state index in [1.807, 2.05) is 0 Å². The summed E-state index contributed by atoms with van der Waals surface area (Å²) in [5.41, 5.74) is 0.688. The predicted octanol–water partition coefficient (Wildman–Crippen LogP) is 0.325. The Kier molecular flexibility index (Phi) is 3.58. The molecular weight excluding hydrogens is 254 g/mol. The monoisotopic (exact) mass is 267 g/mol. The number of hydrogen-bond acceptors (Lipinski definition) is 5. The molecule has 2 aromatic rings. The molecule has 0 amide bonds. The number of anilines is 1. The van der Waals surface area contributed by atoms with Crippen molar-refractivity contribution in [2.75, 3.05) is 12.4 Å². The van der Waals surface area contributed by atoms with Gasteiger partial charge in [-0.1, -0.05) is 0 Å². The summed E-state index contributed by atoms with van der Waals surface area (Å²) in [6.07, 6.45) is 4.58. The summed E-state index contributed by atoms with van der Waals surface area (Å²) in [6, 6.07) is 3.07. The average molecular weight is 267 g/mol. The second-order valence-electron chi connectivity index (χ2n) is 3.50. The molecule has 0 unspecified atom stereocenters. The first-order valence-electron chi connectivity index (χ1n) is 5.23. The summed E-state index contributed by atoms with van der Waals surface area (Å²) >= 11 is 0. The van der Waals surface area contributed by atoms with E-state index in [0.717, 1.165) is 0 Å². The molecule has 0 aromatic carbocycles. The van der Waals surface area contributed by atoms with Crippen molar-refractivity contribution in [1.29, 1.82) is 0 Å². The Morgan fingerprint density at radius 3 is 2.94 bits per heavy atom. The SMILES string of the molecule is CNc1ncccc1S(=O)(=O)NCc1cnc[nH]1. The Morgan fingerprint density at radius 2 is 2.28 bits per heavy atom. The average Bonchev–Trinajstić information content (AvgIpc) is 2.89. The van der Waals surface area contributed by atoms with E-state index in [1.165, 1.54) is 18.6 Å². The minimum Gasteiger partial charge on any atom is -0.372 e. The van der Waals surface area contributed by atoms with Gasteiger partial charge in [0, 0.05) is 25.1 Å². The van der Waals surface area contributed by atoms with Gasteiger partial charge < -0.3 is 10.3 Å². The first-order chi connectivity index (χ1) is 8.63. The predicted molar refractivity (Wildman–Crippen MR) is 66.4 cm³/mol. The Hall–Kier alpha value is -1.93. The minimum atomic E-state index is -3.60. The van der Waals surface area contributed by atoms with Crippen molar-refractivity contribution < 1.29 is 8.42 Å². The van der Waals surface area contributed by atoms with E-state index in [9.17, 15) is 8.42 Å². The number of H-pyrrole nitrogens is 1. The maximum atomic E-state index is 12.1. The van der Waals surface area contributed by atoms with E-state index < -0.39 is 10.0 Å². The number of pyridine rings is 1. The summed E-state index contributed by atoms with van der Waals surface area (Å²) in [7, 11) is -1.98. The number of aromatic amines is 1. The van der Waals surface area contributed by atoms with Crippen LogP contribution in [0.1, 0.15) is 5.69 Å². The lowest BCUT2D eigenvalue weighted by Gasteiger charge is -2.09. The van der Waals surface area contributed by atoms with Gasteiger partial charge in [0.1, 0.15) is 10.7 Å². The van der Waals surface area contributed by atoms with E-state index in [-0.39, 0.29) is 11.4 Å². The van der Waals surface area contributed by atoms with Crippen molar-refractivity contribution in [3.63, 3.8) is 0 Å². The van der Waals surface area contributed by atoms with Crippen LogP contribution >= 0.6 is 0 Å². The summed E-state index contributed by atoms with van der Waals surface area (Å²) in [4.78, 5) is 10.7. The van der Waals surface area contributed by atoms with Crippen LogP contribution in [0.4, 0.5) is 5.82 Å². The molecule has 0 aliphatic carbocycles. The van der Waals surface area contributed by atoms with E-state index in [1.54, 1.807) is 19.3 Å². The number of nitrogens with zero attached hydrogens (tertiary/aromatic N) is 2. The molecule has 8 heteroatoms. The van der Waals surface area contributed by atoms with Gasteiger partial charge in [0.05, 0.1) is 12.9 Å². The molecule has 0 saturated heterocycles. The molecular formula is C10H13N5O2S. The summed E-state index contributed by atoms with van der Waals surface area (Å²) in [5.74, 6) is 0.314. The third-order valence-corrected chi connectivity index (χ3v) is 3.74. The molecule has 2 aromatic heterocycles. The quantitative estimate of drug-likeness (QED) is 0.724. The first kappa shape index (κ1) is 12.5. The molecule has 2 heterocycles. The van der Waals surface area contributed by atoms with Crippen LogP contribution in [0.15, 0.2) is 35.7 Å². The van der Waals surface area contributed by atoms with Crippen LogP contribution in [0, 0.1) is 0 Å². The molecule has 0 bridgehead atoms. The number of hydrogen-bond donors (Lipinski definition) is 3. The highest BCUT2D eigenvalue weighted by Gasteiger charge is 2.18. The smallest absolute Gasteiger partial charge is 0.244 e. The van der Waals surface area contributed by atoms with Gasteiger partial charge in [-0.2, -0.15) is 0 Å². The molecule has 0 radical (unpaired) electrons. The van der Waals surface area contributed by atoms with Gasteiger partial charge in [0.2, 0.25) is 10.0 Å². The van der Waals surface area contributed by atoms with Gasteiger partial charge in [-0.15, -0.1) is 0 Å². The van der Waals surface area contributed by atoms with Crippen molar-refractivity contribution in [3.8, 4) is 0 Å². The van der Waals surface area contributed by atoms with Crippen molar-refractivity contribution in [2.24, 2.45) is 0 Å². The van der Waals surface area contributed by atoms with Crippen LogP contribution in [0.2, 0.25) is 0 Å². The van der Waals surface area contributed by atoms with E-state index >= 15 is 0 Å². The molecule has 0 fully saturated rings. The molecule has 0 aliphatic heterocycles. The molecule has 0 spiro atoms. The Bertz CT molecular complexity index is 609. The molecule has 0 aliphatic rings. The van der Waals surface area contributed by atoms with Crippen molar-refractivity contribution in [2.45, 2.75) is 11.4 Å². The third kappa shape index (κ3) is 2.66. The molecule has 18 heavy (non-hydrogen) atoms. The maximum Gasteiger partial charge on any atom is 0.244 e. The van der Waals surface area contributed by atoms with Gasteiger partial charge in [0.15, 0.2) is 0 Å². The fourth-order valence-corrected chi connectivity index (χ4v) is 2.60. The molecule has 7 nitrogen and oxygen atoms in total. The molecule has 2 rings (SSSR count). The van der Waals surface area contributed by atoms with Crippen LogP contribution in [0.5, 0.6) is 0 Å². The number of sulfonamides is 1. The zero-order chi connectivity index (χ0) is 13.0. The Morgan fingerprint density at radius 1 is 1.44 bits per heavy atom. The van der Waals surface area contributed by atoms with Gasteiger partial charge in [-0.25, -0.2) is 23.1 Å². The van der Waals surface area contributed by atoms with Gasteiger partial charge in [-0.3, -0.25) is 0 Å². The lowest BCUT2D eigenvalue weighted by Crippen LogP contribution is -2.24. The highest BCUT2D eigenvalue weighted by Crippen LogP contribution is 2.17. The fraction of sp³-hybridized carbons (Fsp3) is 0.200. The third-order valence-electron chi connectivity index (χ3n) is 2.30. The highest BCUT2D eigenvalue weighted by molar-refractivity contribution is 7.89. The van der Waals surface area contributed by atoms with E-state index in [0.29, 0.717) is 11.5 Å². The van der Waals surface area contributed by atoms with Gasteiger partial charge in [-0.05, 0) is 12.1 Å². The lowest BCUT2D eigenvalue weighted by molar-refractivity contribution is 0.580. The van der Waals surface area contributed by atoms with E-state index in [4.69, 9.17) is 0 Å². The van der Waals surface area contributed by atoms with Crippen LogP contribution in [0.3, 0.4) is 0 Å². The van der Waals surface area contributed by atoms with Gasteiger partial charge in [0.25, 0.3) is 0 Å². The van der Waals surface area contributed by atoms with E-state index in [2.05, 4.69) is 25.0 Å². The second kappa shape index (κ2) is 5.15. The molecule has 3 N–H and O–H groups in total. The minimum absolute atomic E-state index is 0.118. The number of imidazole rings is 1. The molecule has 0 saturated carbocycles. The van der Waals surface area contributed by atoms with Crippen LogP contribution in [-0.4, -0.2) is 30.4 Å². The highest BCUT2D eigenvalue weighted by atomic mass is 32.2. The molecule has 0 atom stereocenters. The maximum absolute atomic E-state index is 12.1. The summed E-state index contributed by atoms with van der Waals surface area (Å²) < 4.78 is 26.6. The zero-order valence-electron chi connectivity index (χ0n) is 9.71. The Labute approximate surface area is 105 Å². The first-order valence-corrected chi connectivity index (χ1v) is 6.71.